The molecule has 0 saturated carbocycles. The number of aliphatic imine (C=N–C) groups is 1. The highest BCUT2D eigenvalue weighted by Gasteiger charge is 2.30. The van der Waals surface area contributed by atoms with Crippen LogP contribution < -0.4 is 16.0 Å². The summed E-state index contributed by atoms with van der Waals surface area (Å²) >= 11 is 0. The molecule has 8 heteroatoms. The standard InChI is InChI=1S/C20H19F3N4O/c1-3-14-6-5-9-17(11-14)27-18(28)13-26-19(24-2)25-12-15-7-4-8-16(10-15)20(21,22)23/h1,4-11H,12-13H2,2H3,(H,27,28)(H2,24,25,26). The molecular weight excluding hydrogens is 369 g/mol. The summed E-state index contributed by atoms with van der Waals surface area (Å²) in [5.41, 5.74) is 0.926. The number of rotatable bonds is 5. The summed E-state index contributed by atoms with van der Waals surface area (Å²) in [6.07, 6.45) is 0.921. The fourth-order valence-corrected chi connectivity index (χ4v) is 2.32. The van der Waals surface area contributed by atoms with Crippen LogP contribution in [0.15, 0.2) is 53.5 Å². The number of hydrogen-bond donors (Lipinski definition) is 3. The number of carbonyl (C=O) groups is 1. The Kier molecular flexibility index (Phi) is 7.04. The molecule has 0 unspecified atom stereocenters. The van der Waals surface area contributed by atoms with Gasteiger partial charge in [0.05, 0.1) is 12.1 Å². The van der Waals surface area contributed by atoms with Gasteiger partial charge >= 0.3 is 6.18 Å². The number of alkyl halides is 3. The van der Waals surface area contributed by atoms with Gasteiger partial charge in [-0.05, 0) is 35.9 Å². The van der Waals surface area contributed by atoms with E-state index in [4.69, 9.17) is 6.42 Å². The molecule has 0 radical (unpaired) electrons. The first-order valence-electron chi connectivity index (χ1n) is 8.29. The van der Waals surface area contributed by atoms with E-state index in [1.807, 2.05) is 0 Å². The van der Waals surface area contributed by atoms with E-state index in [1.165, 1.54) is 13.1 Å². The number of benzene rings is 2. The number of nitrogens with zero attached hydrogens (tertiary/aromatic N) is 1. The Balaban J connectivity index is 1.86. The Labute approximate surface area is 161 Å². The SMILES string of the molecule is C#Cc1cccc(NC(=O)CNC(=NC)NCc2cccc(C(F)(F)F)c2)c1. The molecular formula is C20H19F3N4O. The number of halogens is 3. The monoisotopic (exact) mass is 388 g/mol. The molecule has 146 valence electrons. The normalized spacial score (nSPS) is 11.5. The highest BCUT2D eigenvalue weighted by atomic mass is 19.4. The lowest BCUT2D eigenvalue weighted by Crippen LogP contribution is -2.41. The van der Waals surface area contributed by atoms with E-state index in [0.29, 0.717) is 16.8 Å². The van der Waals surface area contributed by atoms with E-state index in [2.05, 4.69) is 26.9 Å². The topological polar surface area (TPSA) is 65.5 Å². The van der Waals surface area contributed by atoms with Crippen molar-refractivity contribution < 1.29 is 18.0 Å². The minimum atomic E-state index is -4.40. The van der Waals surface area contributed by atoms with E-state index in [0.717, 1.165) is 12.1 Å². The van der Waals surface area contributed by atoms with Gasteiger partial charge in [0.25, 0.3) is 0 Å². The molecule has 2 aromatic carbocycles. The smallest absolute Gasteiger partial charge is 0.352 e. The van der Waals surface area contributed by atoms with Gasteiger partial charge < -0.3 is 16.0 Å². The van der Waals surface area contributed by atoms with Gasteiger partial charge in [0.1, 0.15) is 0 Å². The lowest BCUT2D eigenvalue weighted by molar-refractivity contribution is -0.137. The van der Waals surface area contributed by atoms with Gasteiger partial charge in [-0.2, -0.15) is 13.2 Å². The van der Waals surface area contributed by atoms with Crippen molar-refractivity contribution in [2.24, 2.45) is 4.99 Å². The Morgan fingerprint density at radius 3 is 2.57 bits per heavy atom. The van der Waals surface area contributed by atoms with Crippen LogP contribution in [0.1, 0.15) is 16.7 Å². The van der Waals surface area contributed by atoms with Gasteiger partial charge in [-0.3, -0.25) is 9.79 Å². The summed E-state index contributed by atoms with van der Waals surface area (Å²) in [6.45, 7) is 0.0397. The predicted octanol–water partition coefficient (Wildman–Crippen LogP) is 2.99. The van der Waals surface area contributed by atoms with Gasteiger partial charge in [0.2, 0.25) is 5.91 Å². The van der Waals surface area contributed by atoms with Crippen LogP contribution in [-0.4, -0.2) is 25.5 Å². The molecule has 2 rings (SSSR count). The number of anilines is 1. The maximum absolute atomic E-state index is 12.8. The lowest BCUT2D eigenvalue weighted by atomic mass is 10.1. The zero-order valence-corrected chi connectivity index (χ0v) is 15.1. The van der Waals surface area contributed by atoms with Crippen LogP contribution in [0.4, 0.5) is 18.9 Å². The van der Waals surface area contributed by atoms with Crippen LogP contribution in [0.2, 0.25) is 0 Å². The van der Waals surface area contributed by atoms with Crippen molar-refractivity contribution in [2.75, 3.05) is 18.9 Å². The highest BCUT2D eigenvalue weighted by molar-refractivity contribution is 5.95. The molecule has 0 aliphatic carbocycles. The molecule has 0 spiro atoms. The fraction of sp³-hybridized carbons (Fsp3) is 0.200. The molecule has 0 fully saturated rings. The average Bonchev–Trinajstić information content (AvgIpc) is 2.68. The molecule has 2 aromatic rings. The number of carbonyl (C=O) groups excluding carboxylic acids is 1. The molecule has 28 heavy (non-hydrogen) atoms. The van der Waals surface area contributed by atoms with Crippen molar-refractivity contribution in [3.8, 4) is 12.3 Å². The summed E-state index contributed by atoms with van der Waals surface area (Å²) < 4.78 is 38.3. The zero-order valence-electron chi connectivity index (χ0n) is 15.1. The second kappa shape index (κ2) is 9.46. The molecule has 1 amide bonds. The Hall–Kier alpha value is -3.47. The van der Waals surface area contributed by atoms with E-state index in [9.17, 15) is 18.0 Å². The maximum atomic E-state index is 12.8. The van der Waals surface area contributed by atoms with Crippen LogP contribution in [0, 0.1) is 12.3 Å². The summed E-state index contributed by atoms with van der Waals surface area (Å²) in [5.74, 6) is 2.44. The largest absolute Gasteiger partial charge is 0.416 e. The fourth-order valence-electron chi connectivity index (χ4n) is 2.32. The quantitative estimate of drug-likeness (QED) is 0.419. The first-order chi connectivity index (χ1) is 13.3. The van der Waals surface area contributed by atoms with Gasteiger partial charge in [-0.15, -0.1) is 6.42 Å². The molecule has 0 saturated heterocycles. The molecule has 0 atom stereocenters. The second-order valence-electron chi connectivity index (χ2n) is 5.75. The van der Waals surface area contributed by atoms with Crippen LogP contribution in [0.5, 0.6) is 0 Å². The number of nitrogens with one attached hydrogen (secondary N) is 3. The molecule has 0 aliphatic rings. The first-order valence-corrected chi connectivity index (χ1v) is 8.29. The molecule has 3 N–H and O–H groups in total. The van der Waals surface area contributed by atoms with E-state index in [-0.39, 0.29) is 25.0 Å². The van der Waals surface area contributed by atoms with E-state index >= 15 is 0 Å². The minimum absolute atomic E-state index is 0.0808. The first kappa shape index (κ1) is 20.8. The number of terminal acetylenes is 1. The van der Waals surface area contributed by atoms with E-state index < -0.39 is 11.7 Å². The number of amides is 1. The third-order valence-corrected chi connectivity index (χ3v) is 3.67. The minimum Gasteiger partial charge on any atom is -0.352 e. The highest BCUT2D eigenvalue weighted by Crippen LogP contribution is 2.29. The molecule has 0 aliphatic heterocycles. The van der Waals surface area contributed by atoms with Crippen molar-refractivity contribution in [3.63, 3.8) is 0 Å². The molecule has 0 bridgehead atoms. The number of hydrogen-bond acceptors (Lipinski definition) is 2. The van der Waals surface area contributed by atoms with Crippen LogP contribution in [0.25, 0.3) is 0 Å². The van der Waals surface area contributed by atoms with Crippen LogP contribution in [-0.2, 0) is 17.5 Å². The van der Waals surface area contributed by atoms with Crippen LogP contribution >= 0.6 is 0 Å². The summed E-state index contributed by atoms with van der Waals surface area (Å²) in [6, 6.07) is 11.8. The van der Waals surface area contributed by atoms with Crippen molar-refractivity contribution >= 4 is 17.6 Å². The molecule has 5 nitrogen and oxygen atoms in total. The predicted molar refractivity (Wildman–Crippen MR) is 103 cm³/mol. The summed E-state index contributed by atoms with van der Waals surface area (Å²) in [5, 5.41) is 8.35. The molecule has 0 heterocycles. The van der Waals surface area contributed by atoms with Crippen molar-refractivity contribution in [3.05, 3.63) is 65.2 Å². The van der Waals surface area contributed by atoms with Gasteiger partial charge in [-0.25, -0.2) is 0 Å². The van der Waals surface area contributed by atoms with Crippen LogP contribution in [0.3, 0.4) is 0 Å². The summed E-state index contributed by atoms with van der Waals surface area (Å²) in [4.78, 5) is 16.0. The third kappa shape index (κ3) is 6.36. The van der Waals surface area contributed by atoms with Crippen molar-refractivity contribution in [2.45, 2.75) is 12.7 Å². The molecule has 0 aromatic heterocycles. The van der Waals surface area contributed by atoms with Crippen molar-refractivity contribution in [1.82, 2.24) is 10.6 Å². The van der Waals surface area contributed by atoms with E-state index in [1.54, 1.807) is 30.3 Å². The Morgan fingerprint density at radius 1 is 1.14 bits per heavy atom. The Bertz CT molecular complexity index is 901. The maximum Gasteiger partial charge on any atom is 0.416 e. The second-order valence-corrected chi connectivity index (χ2v) is 5.75. The lowest BCUT2D eigenvalue weighted by Gasteiger charge is -2.13. The van der Waals surface area contributed by atoms with Gasteiger partial charge in [0.15, 0.2) is 5.96 Å². The van der Waals surface area contributed by atoms with Crippen molar-refractivity contribution in [1.29, 1.82) is 0 Å². The summed E-state index contributed by atoms with van der Waals surface area (Å²) in [7, 11) is 1.50. The zero-order chi connectivity index (χ0) is 20.6. The average molecular weight is 388 g/mol. The van der Waals surface area contributed by atoms with Gasteiger partial charge in [-0.1, -0.05) is 24.1 Å². The Morgan fingerprint density at radius 2 is 1.89 bits per heavy atom. The number of guanidine groups is 1. The van der Waals surface area contributed by atoms with Gasteiger partial charge in [0, 0.05) is 24.8 Å². The third-order valence-electron chi connectivity index (χ3n) is 3.67.